The summed E-state index contributed by atoms with van der Waals surface area (Å²) >= 11 is 7.80. The van der Waals surface area contributed by atoms with E-state index < -0.39 is 0 Å². The molecule has 0 unspecified atom stereocenters. The van der Waals surface area contributed by atoms with Crippen molar-refractivity contribution in [1.29, 1.82) is 0 Å². The van der Waals surface area contributed by atoms with E-state index in [9.17, 15) is 4.79 Å². The minimum Gasteiger partial charge on any atom is -0.364 e. The Morgan fingerprint density at radius 3 is 3.00 bits per heavy atom. The largest absolute Gasteiger partial charge is 0.364 e. The van der Waals surface area contributed by atoms with Gasteiger partial charge in [0, 0.05) is 22.9 Å². The van der Waals surface area contributed by atoms with Crippen molar-refractivity contribution in [2.75, 3.05) is 6.54 Å². The van der Waals surface area contributed by atoms with Gasteiger partial charge in [0.15, 0.2) is 0 Å². The number of rotatable bonds is 3. The van der Waals surface area contributed by atoms with Gasteiger partial charge >= 0.3 is 0 Å². The minimum absolute atomic E-state index is 0.0440. The standard InChI is InChI=1S/C19H15ClN2O2S/c1-2-19(23)22-9-16(15-7-18(20)25-17(15)10-22)14-6-4-3-5-13(14)12-8-21-24-11-12/h2-8,11,16H,1,9-10H2/t16-/m1/s1. The second-order valence-electron chi connectivity index (χ2n) is 5.90. The molecule has 1 amide bonds. The van der Waals surface area contributed by atoms with E-state index in [4.69, 9.17) is 16.1 Å². The predicted octanol–water partition coefficient (Wildman–Crippen LogP) is 4.72. The summed E-state index contributed by atoms with van der Waals surface area (Å²) in [4.78, 5) is 15.2. The first-order valence-electron chi connectivity index (χ1n) is 7.85. The van der Waals surface area contributed by atoms with Crippen LogP contribution in [0.5, 0.6) is 0 Å². The summed E-state index contributed by atoms with van der Waals surface area (Å²) in [5.41, 5.74) is 4.29. The summed E-state index contributed by atoms with van der Waals surface area (Å²) in [6.07, 6.45) is 4.70. The number of carbonyl (C=O) groups excluding carboxylic acids is 1. The van der Waals surface area contributed by atoms with E-state index in [1.54, 1.807) is 12.5 Å². The third-order valence-electron chi connectivity index (χ3n) is 4.49. The van der Waals surface area contributed by atoms with Crippen LogP contribution < -0.4 is 0 Å². The number of hydrogen-bond acceptors (Lipinski definition) is 4. The van der Waals surface area contributed by atoms with Crippen molar-refractivity contribution < 1.29 is 9.32 Å². The van der Waals surface area contributed by atoms with Crippen molar-refractivity contribution in [1.82, 2.24) is 10.1 Å². The number of fused-ring (bicyclic) bond motifs is 1. The van der Waals surface area contributed by atoms with Gasteiger partial charge in [-0.2, -0.15) is 0 Å². The molecule has 3 heterocycles. The Balaban J connectivity index is 1.84. The lowest BCUT2D eigenvalue weighted by molar-refractivity contribution is -0.127. The molecule has 0 fully saturated rings. The summed E-state index contributed by atoms with van der Waals surface area (Å²) < 4.78 is 5.76. The third kappa shape index (κ3) is 2.90. The Hall–Kier alpha value is -2.37. The van der Waals surface area contributed by atoms with E-state index in [1.165, 1.54) is 23.0 Å². The van der Waals surface area contributed by atoms with Crippen LogP contribution in [-0.4, -0.2) is 22.5 Å². The first-order valence-corrected chi connectivity index (χ1v) is 9.05. The van der Waals surface area contributed by atoms with Crippen molar-refractivity contribution in [3.8, 4) is 11.1 Å². The molecule has 25 heavy (non-hydrogen) atoms. The maximum atomic E-state index is 12.2. The average Bonchev–Trinajstić information content (AvgIpc) is 3.28. The molecule has 1 aliphatic heterocycles. The second-order valence-corrected chi connectivity index (χ2v) is 7.67. The average molecular weight is 371 g/mol. The van der Waals surface area contributed by atoms with E-state index in [1.807, 2.05) is 29.2 Å². The summed E-state index contributed by atoms with van der Waals surface area (Å²) in [5.74, 6) is -0.0230. The number of halogens is 1. The summed E-state index contributed by atoms with van der Waals surface area (Å²) in [6, 6.07) is 10.2. The van der Waals surface area contributed by atoms with Crippen molar-refractivity contribution in [3.05, 3.63) is 75.8 Å². The smallest absolute Gasteiger partial charge is 0.246 e. The molecular weight excluding hydrogens is 356 g/mol. The second kappa shape index (κ2) is 6.50. The normalized spacial score (nSPS) is 16.5. The van der Waals surface area contributed by atoms with Gasteiger partial charge in [-0.3, -0.25) is 4.79 Å². The molecule has 0 aliphatic carbocycles. The van der Waals surface area contributed by atoms with Crippen molar-refractivity contribution in [3.63, 3.8) is 0 Å². The topological polar surface area (TPSA) is 46.3 Å². The monoisotopic (exact) mass is 370 g/mol. The zero-order valence-corrected chi connectivity index (χ0v) is 14.9. The lowest BCUT2D eigenvalue weighted by Crippen LogP contribution is -2.37. The maximum absolute atomic E-state index is 12.2. The van der Waals surface area contributed by atoms with E-state index in [0.29, 0.717) is 13.1 Å². The van der Waals surface area contributed by atoms with Gasteiger partial charge in [0.2, 0.25) is 5.91 Å². The van der Waals surface area contributed by atoms with Gasteiger partial charge in [0.05, 0.1) is 17.1 Å². The van der Waals surface area contributed by atoms with Crippen LogP contribution in [0, 0.1) is 0 Å². The van der Waals surface area contributed by atoms with Crippen LogP contribution in [0.2, 0.25) is 4.34 Å². The van der Waals surface area contributed by atoms with Crippen molar-refractivity contribution in [2.45, 2.75) is 12.5 Å². The third-order valence-corrected chi connectivity index (χ3v) is 5.75. The highest BCUT2D eigenvalue weighted by molar-refractivity contribution is 7.16. The van der Waals surface area contributed by atoms with Gasteiger partial charge in [0.1, 0.15) is 6.26 Å². The molecule has 0 saturated carbocycles. The number of nitrogens with zero attached hydrogens (tertiary/aromatic N) is 2. The number of benzene rings is 1. The molecule has 4 rings (SSSR count). The summed E-state index contributed by atoms with van der Waals surface area (Å²) in [6.45, 7) is 4.78. The van der Waals surface area contributed by atoms with E-state index in [0.717, 1.165) is 25.9 Å². The molecule has 2 aromatic heterocycles. The Bertz CT molecular complexity index is 933. The first kappa shape index (κ1) is 16.1. The van der Waals surface area contributed by atoms with Crippen LogP contribution in [0.1, 0.15) is 21.9 Å². The van der Waals surface area contributed by atoms with E-state index in [2.05, 4.69) is 17.8 Å². The molecule has 6 heteroatoms. The van der Waals surface area contributed by atoms with Crippen LogP contribution in [0.3, 0.4) is 0 Å². The molecule has 126 valence electrons. The summed E-state index contributed by atoms with van der Waals surface area (Å²) in [7, 11) is 0. The van der Waals surface area contributed by atoms with Gasteiger partial charge in [-0.05, 0) is 28.8 Å². The van der Waals surface area contributed by atoms with Gasteiger partial charge in [-0.25, -0.2) is 0 Å². The van der Waals surface area contributed by atoms with Crippen LogP contribution >= 0.6 is 22.9 Å². The molecule has 0 radical (unpaired) electrons. The molecule has 4 nitrogen and oxygen atoms in total. The van der Waals surface area contributed by atoms with Gasteiger partial charge in [-0.1, -0.05) is 47.6 Å². The Labute approximate surface area is 154 Å². The molecule has 1 aliphatic rings. The van der Waals surface area contributed by atoms with Crippen molar-refractivity contribution >= 4 is 28.8 Å². The molecule has 3 aromatic rings. The fourth-order valence-electron chi connectivity index (χ4n) is 3.35. The van der Waals surface area contributed by atoms with E-state index in [-0.39, 0.29) is 11.8 Å². The number of hydrogen-bond donors (Lipinski definition) is 0. The molecule has 0 spiro atoms. The molecular formula is C19H15ClN2O2S. The molecule has 0 N–H and O–H groups in total. The van der Waals surface area contributed by atoms with Crippen LogP contribution in [-0.2, 0) is 11.3 Å². The fourth-order valence-corrected chi connectivity index (χ4v) is 4.71. The quantitative estimate of drug-likeness (QED) is 0.627. The number of thiophene rings is 1. The first-order chi connectivity index (χ1) is 12.2. The molecule has 0 saturated heterocycles. The number of aromatic nitrogens is 1. The van der Waals surface area contributed by atoms with Gasteiger partial charge < -0.3 is 9.42 Å². The SMILES string of the molecule is C=CC(=O)N1Cc2sc(Cl)cc2[C@@H](c2ccccc2-c2cnoc2)C1. The van der Waals surface area contributed by atoms with Gasteiger partial charge in [-0.15, -0.1) is 11.3 Å². The molecule has 1 aromatic carbocycles. The molecule has 1 atom stereocenters. The van der Waals surface area contributed by atoms with Crippen LogP contribution in [0.4, 0.5) is 0 Å². The van der Waals surface area contributed by atoms with Gasteiger partial charge in [0.25, 0.3) is 0 Å². The number of carbonyl (C=O) groups is 1. The highest BCUT2D eigenvalue weighted by atomic mass is 35.5. The fraction of sp³-hybridized carbons (Fsp3) is 0.158. The zero-order chi connectivity index (χ0) is 17.4. The Morgan fingerprint density at radius 1 is 1.40 bits per heavy atom. The minimum atomic E-state index is -0.0670. The predicted molar refractivity (Wildman–Crippen MR) is 98.7 cm³/mol. The molecule has 0 bridgehead atoms. The highest BCUT2D eigenvalue weighted by Gasteiger charge is 2.31. The zero-order valence-electron chi connectivity index (χ0n) is 13.3. The lowest BCUT2D eigenvalue weighted by atomic mass is 9.84. The van der Waals surface area contributed by atoms with Crippen LogP contribution in [0.25, 0.3) is 11.1 Å². The Kier molecular flexibility index (Phi) is 4.19. The Morgan fingerprint density at radius 2 is 2.24 bits per heavy atom. The van der Waals surface area contributed by atoms with Crippen molar-refractivity contribution in [2.24, 2.45) is 0 Å². The van der Waals surface area contributed by atoms with Crippen LogP contribution in [0.15, 0.2) is 60.0 Å². The van der Waals surface area contributed by atoms with E-state index >= 15 is 0 Å². The highest BCUT2D eigenvalue weighted by Crippen LogP contribution is 2.42. The number of amides is 1. The summed E-state index contributed by atoms with van der Waals surface area (Å²) in [5, 5.41) is 3.82. The lowest BCUT2D eigenvalue weighted by Gasteiger charge is -2.33. The maximum Gasteiger partial charge on any atom is 0.246 e.